The van der Waals surface area contributed by atoms with Gasteiger partial charge in [-0.1, -0.05) is 11.6 Å². The minimum atomic E-state index is -1.06. The van der Waals surface area contributed by atoms with E-state index in [1.807, 2.05) is 13.8 Å². The van der Waals surface area contributed by atoms with Gasteiger partial charge in [-0.15, -0.1) is 0 Å². The van der Waals surface area contributed by atoms with Gasteiger partial charge in [-0.05, 0) is 39.0 Å². The maximum Gasteiger partial charge on any atom is 0.340 e. The van der Waals surface area contributed by atoms with E-state index in [-0.39, 0.29) is 16.6 Å². The van der Waals surface area contributed by atoms with Gasteiger partial charge in [0, 0.05) is 12.1 Å². The predicted octanol–water partition coefficient (Wildman–Crippen LogP) is 3.44. The van der Waals surface area contributed by atoms with Crippen molar-refractivity contribution in [3.8, 4) is 0 Å². The van der Waals surface area contributed by atoms with Crippen LogP contribution in [0, 0.1) is 5.82 Å². The third kappa shape index (κ3) is 4.11. The quantitative estimate of drug-likeness (QED) is 0.836. The number of carbonyl (C=O) groups is 2. The Bertz CT molecular complexity index is 761. The van der Waals surface area contributed by atoms with E-state index in [9.17, 15) is 14.0 Å². The number of halogens is 2. The number of esters is 1. The van der Waals surface area contributed by atoms with E-state index in [2.05, 4.69) is 10.4 Å². The van der Waals surface area contributed by atoms with Gasteiger partial charge in [0.15, 0.2) is 6.10 Å². The average Bonchev–Trinajstić information content (AvgIpc) is 2.95. The molecule has 128 valence electrons. The molecule has 1 aromatic carbocycles. The van der Waals surface area contributed by atoms with Gasteiger partial charge >= 0.3 is 5.97 Å². The summed E-state index contributed by atoms with van der Waals surface area (Å²) >= 11 is 5.81. The molecule has 1 unspecified atom stereocenters. The Labute approximate surface area is 143 Å². The number of rotatable bonds is 5. The monoisotopic (exact) mass is 353 g/mol. The van der Waals surface area contributed by atoms with Gasteiger partial charge in [0.05, 0.1) is 16.8 Å². The Balaban J connectivity index is 2.03. The fraction of sp³-hybridized carbons (Fsp3) is 0.312. The smallest absolute Gasteiger partial charge is 0.340 e. The minimum absolute atomic E-state index is 0.00932. The minimum Gasteiger partial charge on any atom is -0.449 e. The molecule has 2 aromatic rings. The third-order valence-electron chi connectivity index (χ3n) is 3.21. The molecule has 2 rings (SSSR count). The van der Waals surface area contributed by atoms with Crippen molar-refractivity contribution in [1.29, 1.82) is 0 Å². The summed E-state index contributed by atoms with van der Waals surface area (Å²) in [4.78, 5) is 24.2. The lowest BCUT2D eigenvalue weighted by atomic mass is 10.2. The van der Waals surface area contributed by atoms with Crippen LogP contribution in [-0.4, -0.2) is 27.8 Å². The topological polar surface area (TPSA) is 73.2 Å². The zero-order valence-electron chi connectivity index (χ0n) is 13.4. The highest BCUT2D eigenvalue weighted by Gasteiger charge is 2.22. The molecule has 0 saturated heterocycles. The van der Waals surface area contributed by atoms with E-state index in [0.717, 1.165) is 12.1 Å². The highest BCUT2D eigenvalue weighted by Crippen LogP contribution is 2.19. The van der Waals surface area contributed by atoms with E-state index >= 15 is 0 Å². The van der Waals surface area contributed by atoms with Gasteiger partial charge < -0.3 is 10.1 Å². The van der Waals surface area contributed by atoms with Crippen LogP contribution in [-0.2, 0) is 9.53 Å². The molecule has 1 heterocycles. The first kappa shape index (κ1) is 17.9. The standard InChI is InChI=1S/C16H17ClFN3O3/c1-9(2)21-14(6-7-19-21)20-15(22)10(3)24-16(23)12-5-4-11(18)8-13(12)17/h4-10H,1-3H3,(H,20,22). The molecule has 1 atom stereocenters. The lowest BCUT2D eigenvalue weighted by molar-refractivity contribution is -0.123. The molecule has 0 fully saturated rings. The van der Waals surface area contributed by atoms with E-state index in [1.165, 1.54) is 13.0 Å². The number of amides is 1. The van der Waals surface area contributed by atoms with Gasteiger partial charge in [-0.2, -0.15) is 5.10 Å². The van der Waals surface area contributed by atoms with Crippen molar-refractivity contribution in [2.24, 2.45) is 0 Å². The van der Waals surface area contributed by atoms with Crippen LogP contribution in [0.2, 0.25) is 5.02 Å². The van der Waals surface area contributed by atoms with E-state index in [1.54, 1.807) is 16.9 Å². The Morgan fingerprint density at radius 1 is 1.29 bits per heavy atom. The number of aromatic nitrogens is 2. The number of ether oxygens (including phenoxy) is 1. The maximum absolute atomic E-state index is 13.0. The van der Waals surface area contributed by atoms with Crippen molar-refractivity contribution in [2.75, 3.05) is 5.32 Å². The SMILES string of the molecule is CC(OC(=O)c1ccc(F)cc1Cl)C(=O)Nc1ccnn1C(C)C. The van der Waals surface area contributed by atoms with Crippen LogP contribution in [0.1, 0.15) is 37.2 Å². The summed E-state index contributed by atoms with van der Waals surface area (Å²) in [5, 5.41) is 6.66. The van der Waals surface area contributed by atoms with Crippen LogP contribution >= 0.6 is 11.6 Å². The molecule has 1 aromatic heterocycles. The molecule has 6 nitrogen and oxygen atoms in total. The van der Waals surface area contributed by atoms with E-state index in [0.29, 0.717) is 5.82 Å². The van der Waals surface area contributed by atoms with Crippen LogP contribution < -0.4 is 5.32 Å². The molecule has 0 saturated carbocycles. The van der Waals surface area contributed by atoms with Gasteiger partial charge in [0.1, 0.15) is 11.6 Å². The summed E-state index contributed by atoms with van der Waals surface area (Å²) in [6.07, 6.45) is 0.499. The number of hydrogen-bond donors (Lipinski definition) is 1. The lowest BCUT2D eigenvalue weighted by Crippen LogP contribution is -2.31. The summed E-state index contributed by atoms with van der Waals surface area (Å²) in [5.41, 5.74) is -0.00932. The number of carbonyl (C=O) groups excluding carboxylic acids is 2. The molecule has 0 spiro atoms. The number of nitrogens with one attached hydrogen (secondary N) is 1. The fourth-order valence-corrected chi connectivity index (χ4v) is 2.23. The molecule has 0 aliphatic rings. The van der Waals surface area contributed by atoms with Gasteiger partial charge in [-0.3, -0.25) is 4.79 Å². The molecule has 1 N–H and O–H groups in total. The molecular weight excluding hydrogens is 337 g/mol. The number of hydrogen-bond acceptors (Lipinski definition) is 4. The van der Waals surface area contributed by atoms with Crippen LogP contribution in [0.4, 0.5) is 10.2 Å². The average molecular weight is 354 g/mol. The fourth-order valence-electron chi connectivity index (χ4n) is 1.99. The first-order valence-electron chi connectivity index (χ1n) is 7.30. The molecule has 24 heavy (non-hydrogen) atoms. The first-order valence-corrected chi connectivity index (χ1v) is 7.67. The molecular formula is C16H17ClFN3O3. The Morgan fingerprint density at radius 3 is 2.62 bits per heavy atom. The zero-order valence-corrected chi connectivity index (χ0v) is 14.2. The largest absolute Gasteiger partial charge is 0.449 e. The molecule has 8 heteroatoms. The highest BCUT2D eigenvalue weighted by molar-refractivity contribution is 6.33. The Hall–Kier alpha value is -2.41. The van der Waals surface area contributed by atoms with Gasteiger partial charge in [0.2, 0.25) is 0 Å². The van der Waals surface area contributed by atoms with Crippen molar-refractivity contribution in [2.45, 2.75) is 32.9 Å². The second-order valence-electron chi connectivity index (χ2n) is 5.42. The highest BCUT2D eigenvalue weighted by atomic mass is 35.5. The first-order chi connectivity index (χ1) is 11.3. The molecule has 1 amide bonds. The normalized spacial score (nSPS) is 12.1. The third-order valence-corrected chi connectivity index (χ3v) is 3.53. The van der Waals surface area contributed by atoms with Crippen molar-refractivity contribution in [3.63, 3.8) is 0 Å². The summed E-state index contributed by atoms with van der Waals surface area (Å²) in [5.74, 6) is -1.38. The van der Waals surface area contributed by atoms with E-state index in [4.69, 9.17) is 16.3 Å². The second-order valence-corrected chi connectivity index (χ2v) is 5.82. The predicted molar refractivity (Wildman–Crippen MR) is 87.5 cm³/mol. The van der Waals surface area contributed by atoms with Crippen molar-refractivity contribution >= 4 is 29.3 Å². The zero-order chi connectivity index (χ0) is 17.9. The number of anilines is 1. The molecule has 0 aliphatic heterocycles. The van der Waals surface area contributed by atoms with Gasteiger partial charge in [0.25, 0.3) is 5.91 Å². The second kappa shape index (κ2) is 7.44. The van der Waals surface area contributed by atoms with Crippen LogP contribution in [0.3, 0.4) is 0 Å². The molecule has 0 radical (unpaired) electrons. The van der Waals surface area contributed by atoms with E-state index < -0.39 is 23.8 Å². The van der Waals surface area contributed by atoms with Gasteiger partial charge in [-0.25, -0.2) is 13.9 Å². The van der Waals surface area contributed by atoms with Crippen molar-refractivity contribution in [3.05, 3.63) is 46.9 Å². The Kier molecular flexibility index (Phi) is 5.56. The molecule has 0 bridgehead atoms. The van der Waals surface area contributed by atoms with Crippen LogP contribution in [0.5, 0.6) is 0 Å². The summed E-state index contributed by atoms with van der Waals surface area (Å²) in [7, 11) is 0. The van der Waals surface area contributed by atoms with Crippen LogP contribution in [0.15, 0.2) is 30.5 Å². The summed E-state index contributed by atoms with van der Waals surface area (Å²) in [6, 6.07) is 5.01. The summed E-state index contributed by atoms with van der Waals surface area (Å²) in [6.45, 7) is 5.27. The Morgan fingerprint density at radius 2 is 2.00 bits per heavy atom. The molecule has 0 aliphatic carbocycles. The number of benzene rings is 1. The van der Waals surface area contributed by atoms with Crippen LogP contribution in [0.25, 0.3) is 0 Å². The van der Waals surface area contributed by atoms with Crippen molar-refractivity contribution in [1.82, 2.24) is 9.78 Å². The maximum atomic E-state index is 13.0. The van der Waals surface area contributed by atoms with Crippen molar-refractivity contribution < 1.29 is 18.7 Å². The number of nitrogens with zero attached hydrogens (tertiary/aromatic N) is 2. The summed E-state index contributed by atoms with van der Waals surface area (Å²) < 4.78 is 19.7. The lowest BCUT2D eigenvalue weighted by Gasteiger charge is -2.16.